The fourth-order valence-electron chi connectivity index (χ4n) is 1.48. The smallest absolute Gasteiger partial charge is 0.407 e. The third-order valence-electron chi connectivity index (χ3n) is 2.06. The summed E-state index contributed by atoms with van der Waals surface area (Å²) in [7, 11) is 0. The third-order valence-corrected chi connectivity index (χ3v) is 2.06. The molecule has 0 aliphatic carbocycles. The van der Waals surface area contributed by atoms with E-state index in [1.165, 1.54) is 0 Å². The first-order chi connectivity index (χ1) is 7.26. The molecule has 0 aromatic rings. The first-order valence-electron chi connectivity index (χ1n) is 5.26. The van der Waals surface area contributed by atoms with E-state index >= 15 is 0 Å². The third kappa shape index (κ3) is 4.48. The average Bonchev–Trinajstić information content (AvgIpc) is 1.95. The highest BCUT2D eigenvalue weighted by atomic mass is 16.6. The lowest BCUT2D eigenvalue weighted by Gasteiger charge is -2.38. The van der Waals surface area contributed by atoms with Crippen LogP contribution in [-0.2, 0) is 9.53 Å². The van der Waals surface area contributed by atoms with Gasteiger partial charge in [-0.05, 0) is 20.8 Å². The molecule has 0 radical (unpaired) electrons. The van der Waals surface area contributed by atoms with Gasteiger partial charge in [-0.15, -0.1) is 0 Å². The maximum atomic E-state index is 11.3. The summed E-state index contributed by atoms with van der Waals surface area (Å²) in [5.41, 5.74) is 4.55. The average molecular weight is 229 g/mol. The fourth-order valence-corrected chi connectivity index (χ4v) is 1.48. The lowest BCUT2D eigenvalue weighted by Crippen LogP contribution is -2.61. The zero-order valence-corrected chi connectivity index (χ0v) is 9.95. The van der Waals surface area contributed by atoms with E-state index < -0.39 is 11.7 Å². The van der Waals surface area contributed by atoms with Crippen molar-refractivity contribution in [2.24, 2.45) is 5.73 Å². The number of primary amides is 1. The van der Waals surface area contributed by atoms with Crippen LogP contribution in [0, 0.1) is 0 Å². The first kappa shape index (κ1) is 12.8. The highest BCUT2D eigenvalue weighted by Gasteiger charge is 2.30. The van der Waals surface area contributed by atoms with E-state index in [0.717, 1.165) is 0 Å². The van der Waals surface area contributed by atoms with Crippen LogP contribution in [0.25, 0.3) is 0 Å². The maximum absolute atomic E-state index is 11.3. The fraction of sp³-hybridized carbons (Fsp3) is 0.800. The molecule has 16 heavy (non-hydrogen) atoms. The van der Waals surface area contributed by atoms with Gasteiger partial charge in [-0.2, -0.15) is 0 Å². The molecular formula is C10H19N3O3. The Labute approximate surface area is 95.1 Å². The molecule has 0 spiro atoms. The summed E-state index contributed by atoms with van der Waals surface area (Å²) in [4.78, 5) is 23.8. The summed E-state index contributed by atoms with van der Waals surface area (Å²) < 4.78 is 5.10. The molecule has 1 aliphatic heterocycles. The topological polar surface area (TPSA) is 84.7 Å². The molecule has 1 aliphatic rings. The molecule has 1 fully saturated rings. The maximum Gasteiger partial charge on any atom is 0.407 e. The molecule has 92 valence electrons. The second kappa shape index (κ2) is 4.69. The van der Waals surface area contributed by atoms with Gasteiger partial charge in [-0.25, -0.2) is 4.79 Å². The number of carbonyl (C=O) groups is 2. The van der Waals surface area contributed by atoms with Gasteiger partial charge >= 0.3 is 6.09 Å². The number of nitrogens with one attached hydrogen (secondary N) is 1. The lowest BCUT2D eigenvalue weighted by atomic mass is 10.1. The van der Waals surface area contributed by atoms with Crippen molar-refractivity contribution in [3.63, 3.8) is 0 Å². The molecule has 0 aromatic heterocycles. The Morgan fingerprint density at radius 3 is 2.44 bits per heavy atom. The van der Waals surface area contributed by atoms with Gasteiger partial charge < -0.3 is 15.8 Å². The molecule has 0 atom stereocenters. The molecule has 3 N–H and O–H groups in total. The molecule has 0 unspecified atom stereocenters. The van der Waals surface area contributed by atoms with Crippen LogP contribution in [0.4, 0.5) is 4.79 Å². The van der Waals surface area contributed by atoms with Crippen LogP contribution in [0.1, 0.15) is 20.8 Å². The van der Waals surface area contributed by atoms with Crippen LogP contribution in [0.5, 0.6) is 0 Å². The van der Waals surface area contributed by atoms with Crippen LogP contribution in [0.15, 0.2) is 0 Å². The van der Waals surface area contributed by atoms with Crippen LogP contribution < -0.4 is 11.1 Å². The Bertz CT molecular complexity index is 280. The normalized spacial score (nSPS) is 17.7. The number of hydrogen-bond donors (Lipinski definition) is 2. The van der Waals surface area contributed by atoms with Crippen molar-refractivity contribution in [3.8, 4) is 0 Å². The quantitative estimate of drug-likeness (QED) is 0.694. The van der Waals surface area contributed by atoms with Gasteiger partial charge in [0, 0.05) is 13.1 Å². The minimum Gasteiger partial charge on any atom is -0.444 e. The van der Waals surface area contributed by atoms with E-state index in [2.05, 4.69) is 5.32 Å². The largest absolute Gasteiger partial charge is 0.444 e. The molecule has 6 heteroatoms. The highest BCUT2D eigenvalue weighted by molar-refractivity contribution is 5.76. The van der Waals surface area contributed by atoms with E-state index in [9.17, 15) is 9.59 Å². The minimum absolute atomic E-state index is 0.0502. The van der Waals surface area contributed by atoms with Crippen molar-refractivity contribution in [2.75, 3.05) is 19.6 Å². The summed E-state index contributed by atoms with van der Waals surface area (Å²) in [5.74, 6) is -0.351. The molecule has 1 rings (SSSR count). The first-order valence-corrected chi connectivity index (χ1v) is 5.26. The van der Waals surface area contributed by atoms with E-state index in [1.54, 1.807) is 0 Å². The Balaban J connectivity index is 2.17. The number of rotatable bonds is 3. The van der Waals surface area contributed by atoms with Gasteiger partial charge in [0.25, 0.3) is 0 Å². The van der Waals surface area contributed by atoms with Crippen molar-refractivity contribution < 1.29 is 14.3 Å². The second-order valence-corrected chi connectivity index (χ2v) is 5.00. The van der Waals surface area contributed by atoms with Gasteiger partial charge in [0.05, 0.1) is 12.6 Å². The second-order valence-electron chi connectivity index (χ2n) is 5.00. The summed E-state index contributed by atoms with van der Waals surface area (Å²) in [6.07, 6.45) is -0.420. The summed E-state index contributed by atoms with van der Waals surface area (Å²) in [6.45, 7) is 6.96. The Morgan fingerprint density at radius 2 is 2.00 bits per heavy atom. The molecule has 1 heterocycles. The zero-order chi connectivity index (χ0) is 12.3. The Morgan fingerprint density at radius 1 is 1.44 bits per heavy atom. The molecule has 0 bridgehead atoms. The van der Waals surface area contributed by atoms with Crippen molar-refractivity contribution in [1.82, 2.24) is 10.2 Å². The number of nitrogens with zero attached hydrogens (tertiary/aromatic N) is 1. The predicted molar refractivity (Wildman–Crippen MR) is 58.8 cm³/mol. The van der Waals surface area contributed by atoms with E-state index in [1.807, 2.05) is 25.7 Å². The van der Waals surface area contributed by atoms with Crippen LogP contribution >= 0.6 is 0 Å². The molecule has 0 aromatic carbocycles. The van der Waals surface area contributed by atoms with Crippen LogP contribution in [0.2, 0.25) is 0 Å². The number of hydrogen-bond acceptors (Lipinski definition) is 4. The summed E-state index contributed by atoms with van der Waals surface area (Å²) >= 11 is 0. The Kier molecular flexibility index (Phi) is 3.74. The Hall–Kier alpha value is -1.30. The number of ether oxygens (including phenoxy) is 1. The monoisotopic (exact) mass is 229 g/mol. The SMILES string of the molecule is CC(C)(C)OC(=O)NC1CN(CC(N)=O)C1. The number of alkyl carbamates (subject to hydrolysis) is 1. The van der Waals surface area contributed by atoms with E-state index in [-0.39, 0.29) is 18.5 Å². The minimum atomic E-state index is -0.485. The van der Waals surface area contributed by atoms with E-state index in [0.29, 0.717) is 13.1 Å². The highest BCUT2D eigenvalue weighted by Crippen LogP contribution is 2.10. The van der Waals surface area contributed by atoms with Gasteiger partial charge in [0.1, 0.15) is 5.60 Å². The number of nitrogens with two attached hydrogens (primary N) is 1. The zero-order valence-electron chi connectivity index (χ0n) is 9.95. The number of likely N-dealkylation sites (tertiary alicyclic amines) is 1. The van der Waals surface area contributed by atoms with Gasteiger partial charge in [0.2, 0.25) is 5.91 Å². The van der Waals surface area contributed by atoms with Crippen LogP contribution in [-0.4, -0.2) is 48.2 Å². The van der Waals surface area contributed by atoms with Gasteiger partial charge in [-0.3, -0.25) is 9.69 Å². The van der Waals surface area contributed by atoms with Crippen molar-refractivity contribution >= 4 is 12.0 Å². The van der Waals surface area contributed by atoms with Crippen LogP contribution in [0.3, 0.4) is 0 Å². The van der Waals surface area contributed by atoms with E-state index in [4.69, 9.17) is 10.5 Å². The summed E-state index contributed by atoms with van der Waals surface area (Å²) in [6, 6.07) is 0.0502. The summed E-state index contributed by atoms with van der Waals surface area (Å²) in [5, 5.41) is 2.72. The molecule has 0 saturated carbocycles. The predicted octanol–water partition coefficient (Wildman–Crippen LogP) is -0.319. The van der Waals surface area contributed by atoms with Crippen molar-refractivity contribution in [2.45, 2.75) is 32.4 Å². The number of carbonyl (C=O) groups excluding carboxylic acids is 2. The number of amides is 2. The standard InChI is InChI=1S/C10H19N3O3/c1-10(2,3)16-9(15)12-7-4-13(5-7)6-8(11)14/h7H,4-6H2,1-3H3,(H2,11,14)(H,12,15). The van der Waals surface area contributed by atoms with Crippen molar-refractivity contribution in [3.05, 3.63) is 0 Å². The molecule has 1 saturated heterocycles. The van der Waals surface area contributed by atoms with Gasteiger partial charge in [-0.1, -0.05) is 0 Å². The molecule has 6 nitrogen and oxygen atoms in total. The lowest BCUT2D eigenvalue weighted by molar-refractivity contribution is -0.120. The molecule has 2 amide bonds. The van der Waals surface area contributed by atoms with Gasteiger partial charge in [0.15, 0.2) is 0 Å². The van der Waals surface area contributed by atoms with Crippen molar-refractivity contribution in [1.29, 1.82) is 0 Å². The molecular weight excluding hydrogens is 210 g/mol.